The van der Waals surface area contributed by atoms with Gasteiger partial charge in [-0.2, -0.15) is 0 Å². The van der Waals surface area contributed by atoms with Crippen LogP contribution in [-0.2, 0) is 11.2 Å². The van der Waals surface area contributed by atoms with Crippen LogP contribution in [-0.4, -0.2) is 21.8 Å². The van der Waals surface area contributed by atoms with Gasteiger partial charge >= 0.3 is 0 Å². The highest BCUT2D eigenvalue weighted by molar-refractivity contribution is 5.99. The second kappa shape index (κ2) is 5.55. The lowest BCUT2D eigenvalue weighted by atomic mass is 10.0. The summed E-state index contributed by atoms with van der Waals surface area (Å²) >= 11 is 0. The molecular formula is C16H16N4O2. The molecule has 0 bridgehead atoms. The van der Waals surface area contributed by atoms with E-state index in [9.17, 15) is 9.59 Å². The van der Waals surface area contributed by atoms with Gasteiger partial charge in [-0.3, -0.25) is 14.6 Å². The Morgan fingerprint density at radius 3 is 2.86 bits per heavy atom. The van der Waals surface area contributed by atoms with E-state index in [4.69, 9.17) is 0 Å². The number of benzene rings is 1. The summed E-state index contributed by atoms with van der Waals surface area (Å²) in [4.78, 5) is 31.7. The summed E-state index contributed by atoms with van der Waals surface area (Å²) in [7, 11) is 0. The maximum Gasteiger partial charge on any atom is 0.271 e. The predicted molar refractivity (Wildman–Crippen MR) is 81.4 cm³/mol. The molecule has 1 aromatic carbocycles. The fourth-order valence-electron chi connectivity index (χ4n) is 2.38. The van der Waals surface area contributed by atoms with Gasteiger partial charge in [0.05, 0.1) is 24.4 Å². The molecule has 0 aliphatic carbocycles. The Hall–Kier alpha value is -2.76. The average molecular weight is 296 g/mol. The number of fused-ring (bicyclic) bond motifs is 1. The Bertz CT molecular complexity index is 740. The molecule has 22 heavy (non-hydrogen) atoms. The summed E-state index contributed by atoms with van der Waals surface area (Å²) in [5, 5.41) is 5.68. The van der Waals surface area contributed by atoms with Crippen LogP contribution in [0.2, 0.25) is 0 Å². The van der Waals surface area contributed by atoms with E-state index >= 15 is 0 Å². The molecule has 2 N–H and O–H groups in total. The number of nitrogens with zero attached hydrogens (tertiary/aromatic N) is 2. The maximum absolute atomic E-state index is 12.1. The first-order chi connectivity index (χ1) is 10.5. The minimum absolute atomic E-state index is 0.00114. The minimum atomic E-state index is -0.269. The zero-order valence-electron chi connectivity index (χ0n) is 12.4. The normalized spacial score (nSPS) is 14.2. The van der Waals surface area contributed by atoms with Crippen LogP contribution in [0.4, 0.5) is 5.69 Å². The first-order valence-corrected chi connectivity index (χ1v) is 7.05. The van der Waals surface area contributed by atoms with Crippen molar-refractivity contribution in [1.82, 2.24) is 15.3 Å². The summed E-state index contributed by atoms with van der Waals surface area (Å²) in [5.74, 6) is -0.270. The molecule has 1 atom stereocenters. The number of rotatable bonds is 3. The smallest absolute Gasteiger partial charge is 0.271 e. The molecule has 1 aromatic heterocycles. The van der Waals surface area contributed by atoms with Gasteiger partial charge in [-0.15, -0.1) is 0 Å². The molecule has 0 saturated carbocycles. The number of amides is 2. The predicted octanol–water partition coefficient (Wildman–Crippen LogP) is 1.77. The third kappa shape index (κ3) is 2.81. The molecule has 0 saturated heterocycles. The van der Waals surface area contributed by atoms with Crippen molar-refractivity contribution in [2.45, 2.75) is 26.3 Å². The van der Waals surface area contributed by atoms with E-state index in [0.29, 0.717) is 6.42 Å². The van der Waals surface area contributed by atoms with Gasteiger partial charge in [0.15, 0.2) is 0 Å². The van der Waals surface area contributed by atoms with Crippen molar-refractivity contribution in [2.75, 3.05) is 5.32 Å². The van der Waals surface area contributed by atoms with Crippen LogP contribution in [0.1, 0.15) is 40.3 Å². The molecule has 0 fully saturated rings. The van der Waals surface area contributed by atoms with Gasteiger partial charge in [0.1, 0.15) is 5.69 Å². The van der Waals surface area contributed by atoms with E-state index in [1.54, 1.807) is 6.20 Å². The first-order valence-electron chi connectivity index (χ1n) is 7.05. The number of aryl methyl sites for hydroxylation is 1. The van der Waals surface area contributed by atoms with Crippen LogP contribution in [0, 0.1) is 6.92 Å². The van der Waals surface area contributed by atoms with Crippen molar-refractivity contribution in [3.63, 3.8) is 0 Å². The lowest BCUT2D eigenvalue weighted by Gasteiger charge is -2.15. The lowest BCUT2D eigenvalue weighted by molar-refractivity contribution is -0.115. The van der Waals surface area contributed by atoms with Gasteiger partial charge in [0, 0.05) is 11.9 Å². The number of anilines is 1. The Balaban J connectivity index is 1.73. The summed E-state index contributed by atoms with van der Waals surface area (Å²) in [6, 6.07) is 5.52. The quantitative estimate of drug-likeness (QED) is 0.904. The minimum Gasteiger partial charge on any atom is -0.344 e. The highest BCUT2D eigenvalue weighted by Gasteiger charge is 2.19. The van der Waals surface area contributed by atoms with Gasteiger partial charge in [0.2, 0.25) is 5.91 Å². The molecule has 2 aromatic rings. The zero-order valence-corrected chi connectivity index (χ0v) is 12.4. The standard InChI is InChI=1S/C16H16N4O2/c1-9-7-18-14(8-17-9)16(22)19-10(2)11-3-4-13-12(5-11)6-15(21)20-13/h3-5,7-8,10H,6H2,1-2H3,(H,19,22)(H,20,21). The van der Waals surface area contributed by atoms with Crippen molar-refractivity contribution in [1.29, 1.82) is 0 Å². The van der Waals surface area contributed by atoms with Crippen molar-refractivity contribution in [2.24, 2.45) is 0 Å². The zero-order chi connectivity index (χ0) is 15.7. The van der Waals surface area contributed by atoms with E-state index in [1.807, 2.05) is 32.0 Å². The van der Waals surface area contributed by atoms with Crippen molar-refractivity contribution >= 4 is 17.5 Å². The average Bonchev–Trinajstić information content (AvgIpc) is 2.86. The van der Waals surface area contributed by atoms with Gasteiger partial charge < -0.3 is 10.6 Å². The van der Waals surface area contributed by atoms with Crippen LogP contribution < -0.4 is 10.6 Å². The second-order valence-corrected chi connectivity index (χ2v) is 5.38. The Kier molecular flexibility index (Phi) is 3.58. The Morgan fingerprint density at radius 1 is 1.32 bits per heavy atom. The molecule has 2 amide bonds. The maximum atomic E-state index is 12.1. The van der Waals surface area contributed by atoms with Crippen molar-refractivity contribution in [3.05, 3.63) is 53.1 Å². The van der Waals surface area contributed by atoms with E-state index < -0.39 is 0 Å². The molecule has 1 unspecified atom stereocenters. The number of hydrogen-bond donors (Lipinski definition) is 2. The topological polar surface area (TPSA) is 84.0 Å². The lowest BCUT2D eigenvalue weighted by Crippen LogP contribution is -2.27. The summed E-state index contributed by atoms with van der Waals surface area (Å²) in [6.45, 7) is 3.71. The fraction of sp³-hybridized carbons (Fsp3) is 0.250. The molecular weight excluding hydrogens is 280 g/mol. The SMILES string of the molecule is Cc1cnc(C(=O)NC(C)c2ccc3c(c2)CC(=O)N3)cn1. The summed E-state index contributed by atoms with van der Waals surface area (Å²) in [5.41, 5.74) is 3.80. The molecule has 3 rings (SSSR count). The van der Waals surface area contributed by atoms with Gasteiger partial charge in [-0.25, -0.2) is 4.98 Å². The largest absolute Gasteiger partial charge is 0.344 e. The fourth-order valence-corrected chi connectivity index (χ4v) is 2.38. The van der Waals surface area contributed by atoms with E-state index in [1.165, 1.54) is 6.20 Å². The van der Waals surface area contributed by atoms with Crippen LogP contribution in [0.3, 0.4) is 0 Å². The molecule has 0 spiro atoms. The third-order valence-electron chi connectivity index (χ3n) is 3.62. The Labute approximate surface area is 128 Å². The van der Waals surface area contributed by atoms with Crippen LogP contribution in [0.25, 0.3) is 0 Å². The van der Waals surface area contributed by atoms with E-state index in [0.717, 1.165) is 22.5 Å². The van der Waals surface area contributed by atoms with Gasteiger partial charge in [-0.1, -0.05) is 12.1 Å². The van der Waals surface area contributed by atoms with Gasteiger partial charge in [-0.05, 0) is 31.0 Å². The highest BCUT2D eigenvalue weighted by Crippen LogP contribution is 2.26. The summed E-state index contributed by atoms with van der Waals surface area (Å²) in [6.07, 6.45) is 3.40. The van der Waals surface area contributed by atoms with Crippen molar-refractivity contribution < 1.29 is 9.59 Å². The van der Waals surface area contributed by atoms with Crippen LogP contribution >= 0.6 is 0 Å². The van der Waals surface area contributed by atoms with E-state index in [2.05, 4.69) is 20.6 Å². The second-order valence-electron chi connectivity index (χ2n) is 5.38. The van der Waals surface area contributed by atoms with E-state index in [-0.39, 0.29) is 23.6 Å². The molecule has 6 heteroatoms. The number of aromatic nitrogens is 2. The molecule has 6 nitrogen and oxygen atoms in total. The van der Waals surface area contributed by atoms with Gasteiger partial charge in [0.25, 0.3) is 5.91 Å². The molecule has 0 radical (unpaired) electrons. The third-order valence-corrected chi connectivity index (χ3v) is 3.62. The first kappa shape index (κ1) is 14.2. The Morgan fingerprint density at radius 2 is 2.14 bits per heavy atom. The molecule has 1 aliphatic heterocycles. The molecule has 2 heterocycles. The highest BCUT2D eigenvalue weighted by atomic mass is 16.2. The molecule has 1 aliphatic rings. The van der Waals surface area contributed by atoms with Crippen LogP contribution in [0.5, 0.6) is 0 Å². The number of nitrogens with one attached hydrogen (secondary N) is 2. The number of carbonyl (C=O) groups excluding carboxylic acids is 2. The number of carbonyl (C=O) groups is 2. The monoisotopic (exact) mass is 296 g/mol. The number of hydrogen-bond acceptors (Lipinski definition) is 4. The van der Waals surface area contributed by atoms with Crippen LogP contribution in [0.15, 0.2) is 30.6 Å². The summed E-state index contributed by atoms with van der Waals surface area (Å²) < 4.78 is 0. The molecule has 112 valence electrons. The van der Waals surface area contributed by atoms with Crippen molar-refractivity contribution in [3.8, 4) is 0 Å².